The van der Waals surface area contributed by atoms with Crippen molar-refractivity contribution in [1.82, 2.24) is 0 Å². The van der Waals surface area contributed by atoms with Crippen LogP contribution >= 0.6 is 25.5 Å². The number of hydrogen-bond acceptors (Lipinski definition) is 4. The van der Waals surface area contributed by atoms with E-state index in [4.69, 9.17) is 14.5 Å². The second-order valence-corrected chi connectivity index (χ2v) is 17.4. The van der Waals surface area contributed by atoms with Crippen LogP contribution in [0.25, 0.3) is 0 Å². The summed E-state index contributed by atoms with van der Waals surface area (Å²) in [6.45, 7) is 4.50. The van der Waals surface area contributed by atoms with Crippen LogP contribution in [0.5, 0.6) is 5.75 Å². The molecule has 0 spiro atoms. The molecule has 0 amide bonds. The topological polar surface area (TPSA) is 111 Å². The number of carboxylic acids is 1. The summed E-state index contributed by atoms with van der Waals surface area (Å²) in [5, 5.41) is 34.4. The van der Waals surface area contributed by atoms with Gasteiger partial charge in [0.15, 0.2) is 0 Å². The summed E-state index contributed by atoms with van der Waals surface area (Å²) in [4.78, 5) is 10.7. The fourth-order valence-corrected chi connectivity index (χ4v) is 10.6. The molecule has 0 fully saturated rings. The Morgan fingerprint density at radius 2 is 0.781 bits per heavy atom. The van der Waals surface area contributed by atoms with Crippen molar-refractivity contribution < 1.29 is 41.7 Å². The van der Waals surface area contributed by atoms with E-state index in [0.29, 0.717) is 16.9 Å². The van der Waals surface area contributed by atoms with Gasteiger partial charge in [-0.3, -0.25) is 0 Å². The van der Waals surface area contributed by atoms with E-state index in [1.807, 2.05) is 17.3 Å². The summed E-state index contributed by atoms with van der Waals surface area (Å²) in [5.41, 5.74) is 1.39. The van der Waals surface area contributed by atoms with Crippen LogP contribution in [0.3, 0.4) is 0 Å². The Morgan fingerprint density at radius 3 is 1.05 bits per heavy atom. The average molecular weight is 987 g/mol. The summed E-state index contributed by atoms with van der Waals surface area (Å²) in [7, 11) is 5.24. The third kappa shape index (κ3) is 16.1. The smallest absolute Gasteiger partial charge is 0.0134 e. The monoisotopic (exact) mass is 987 g/mol. The fraction of sp³-hybridized carbons (Fsp3) is 0.0189. The van der Waals surface area contributed by atoms with E-state index in [1.165, 1.54) is 50.2 Å². The molecule has 0 saturated heterocycles. The number of aliphatic hydroxyl groups excluding tert-OH is 1. The van der Waals surface area contributed by atoms with Crippen LogP contribution in [0.1, 0.15) is 21.5 Å². The molecule has 0 aliphatic rings. The molecule has 0 bridgehead atoms. The number of nitrogens with zero attached hydrogens (tertiary/aromatic N) is 2. The third-order valence-electron chi connectivity index (χ3n) is 8.95. The molecular formula is C53H44ClN2O5P2Ru. The van der Waals surface area contributed by atoms with Crippen molar-refractivity contribution in [2.45, 2.75) is 0 Å². The summed E-state index contributed by atoms with van der Waals surface area (Å²) in [6.07, 6.45) is 1.42. The average Bonchev–Trinajstić information content (AvgIpc) is 3.38. The molecule has 0 radical (unpaired) electrons. The van der Waals surface area contributed by atoms with E-state index in [-0.39, 0.29) is 11.5 Å². The minimum Gasteiger partial charge on any atom is -0.0622 e. The Morgan fingerprint density at radius 1 is 0.500 bits per heavy atom. The second kappa shape index (κ2) is 29.1. The van der Waals surface area contributed by atoms with Crippen LogP contribution in [0.4, 0.5) is 0 Å². The molecule has 0 aromatic heterocycles. The number of carboxylic acid groups (broad SMARTS) is 1. The van der Waals surface area contributed by atoms with E-state index >= 15 is 0 Å². The Labute approximate surface area is 391 Å². The van der Waals surface area contributed by atoms with Crippen molar-refractivity contribution in [2.75, 3.05) is 7.11 Å². The van der Waals surface area contributed by atoms with E-state index in [0.717, 1.165) is 0 Å². The molecule has 0 atom stereocenters. The first-order valence-electron chi connectivity index (χ1n) is 19.5. The Hall–Kier alpha value is -6.32. The quantitative estimate of drug-likeness (QED) is 0.0256. The zero-order valence-corrected chi connectivity index (χ0v) is 38.9. The molecule has 11 heteroatoms. The minimum absolute atomic E-state index is 0.196. The number of methoxy groups -OCH3 is 1. The Bertz CT molecular complexity index is 2290. The van der Waals surface area contributed by atoms with Gasteiger partial charge < -0.3 is 14.9 Å². The molecule has 8 rings (SSSR count). The van der Waals surface area contributed by atoms with Crippen molar-refractivity contribution in [3.05, 3.63) is 254 Å². The maximum Gasteiger partial charge on any atom is -0.0134 e. The standard InChI is InChI=1S/2C18H15P.C16H14N2O4.CO.ClH.Ru/c2*1-4-10-16(11-5-1)19(17-12-6-2-7-13-17)18-14-8-3-9-15-18;1-22-14-8-6-12(7-9-14)15(19)18-17-10-11-2-4-13(5-3-11)16(20)21;1-2;;/h2*1-15H;2-10H,1H3,(H,18,19)(H,20,21);;1H;/q;;;;;+1/p-1/b;;17-10+;;;. The van der Waals surface area contributed by atoms with E-state index in [9.17, 15) is 9.90 Å². The minimum atomic E-state index is -0.987. The van der Waals surface area contributed by atoms with Crippen molar-refractivity contribution in [1.29, 1.82) is 0 Å². The van der Waals surface area contributed by atoms with E-state index < -0.39 is 21.8 Å². The molecule has 2 N–H and O–H groups in total. The molecule has 8 aromatic carbocycles. The zero-order valence-electron chi connectivity index (χ0n) is 34.7. The van der Waals surface area contributed by atoms with Gasteiger partial charge in [0.25, 0.3) is 0 Å². The summed E-state index contributed by atoms with van der Waals surface area (Å²) >= 11 is 1.82. The van der Waals surface area contributed by atoms with Crippen LogP contribution in [0, 0.1) is 6.65 Å². The van der Waals surface area contributed by atoms with Gasteiger partial charge in [0.1, 0.15) is 5.75 Å². The van der Waals surface area contributed by atoms with Gasteiger partial charge in [0, 0.05) is 5.56 Å². The molecular weight excluding hydrogens is 943 g/mol. The van der Waals surface area contributed by atoms with Gasteiger partial charge in [0.2, 0.25) is 5.90 Å². The maximum atomic E-state index is 10.7. The van der Waals surface area contributed by atoms with Gasteiger partial charge in [-0.25, -0.2) is 4.79 Å². The molecule has 321 valence electrons. The van der Waals surface area contributed by atoms with E-state index in [2.05, 4.69) is 209 Å². The first-order chi connectivity index (χ1) is 31.5. The van der Waals surface area contributed by atoms with Crippen LogP contribution in [0.2, 0.25) is 0 Å². The Balaban J connectivity index is 0.000000203. The molecule has 64 heavy (non-hydrogen) atoms. The normalized spacial score (nSPS) is 10.4. The summed E-state index contributed by atoms with van der Waals surface area (Å²) < 4.78 is 12.5. The third-order valence-corrected chi connectivity index (χ3v) is 13.8. The van der Waals surface area contributed by atoms with E-state index in [1.54, 1.807) is 43.5 Å². The number of halogens is 1. The van der Waals surface area contributed by atoms with Gasteiger partial charge >= 0.3 is 44.3 Å². The van der Waals surface area contributed by atoms with Gasteiger partial charge in [-0.1, -0.05) is 194 Å². The number of hydrogen-bond donors (Lipinski definition) is 2. The molecule has 8 aromatic rings. The number of ether oxygens (including phenoxy) is 1. The number of benzene rings is 8. The van der Waals surface area contributed by atoms with Gasteiger partial charge in [-0.05, 0) is 89.6 Å². The first kappa shape index (κ1) is 50.3. The second-order valence-electron chi connectivity index (χ2n) is 13.0. The van der Waals surface area contributed by atoms with Crippen molar-refractivity contribution in [3.8, 4) is 5.75 Å². The predicted octanol–water partition coefficient (Wildman–Crippen LogP) is 10.3. The molecule has 0 saturated carbocycles. The number of carbonyl (C=O) groups is 1. The van der Waals surface area contributed by atoms with Crippen LogP contribution in [-0.4, -0.2) is 35.4 Å². The van der Waals surface area contributed by atoms with Crippen molar-refractivity contribution in [2.24, 2.45) is 10.2 Å². The molecule has 0 aliphatic heterocycles. The maximum absolute atomic E-state index is 10.7. The molecule has 7 nitrogen and oxygen atoms in total. The number of aliphatic hydroxyl groups is 1. The van der Waals surface area contributed by atoms with Crippen LogP contribution in [0.15, 0.2) is 241 Å². The predicted molar refractivity (Wildman–Crippen MR) is 263 cm³/mol. The summed E-state index contributed by atoms with van der Waals surface area (Å²) in [6, 6.07) is 77.5. The summed E-state index contributed by atoms with van der Waals surface area (Å²) in [5.74, 6) is -0.529. The number of rotatable bonds is 11. The van der Waals surface area contributed by atoms with Gasteiger partial charge in [0.05, 0.1) is 18.9 Å². The van der Waals surface area contributed by atoms with Gasteiger partial charge in [-0.15, -0.1) is 5.10 Å². The zero-order chi connectivity index (χ0) is 45.8. The molecule has 0 heterocycles. The van der Waals surface area contributed by atoms with Crippen molar-refractivity contribution >= 4 is 75.4 Å². The van der Waals surface area contributed by atoms with Gasteiger partial charge in [-0.2, -0.15) is 5.10 Å². The Kier molecular flexibility index (Phi) is 22.9. The number of aromatic carboxylic acids is 1. The van der Waals surface area contributed by atoms with Crippen molar-refractivity contribution in [3.63, 3.8) is 0 Å². The fourth-order valence-electron chi connectivity index (χ4n) is 6.02. The van der Waals surface area contributed by atoms with Crippen LogP contribution < -0.4 is 36.6 Å². The van der Waals surface area contributed by atoms with Crippen LogP contribution in [-0.2, 0) is 22.0 Å². The molecule has 0 aliphatic carbocycles. The largest absolute Gasteiger partial charge is 0.0622 e. The SMILES string of the molecule is COc1ccc(/C(O)=N/N=C/c2ccc(C(=O)O)cc2)cc1.[C-]#[O+].[Cl][Ru].c1ccc(P(c2ccccc2)c2ccccc2)cc1.c1ccc(P(c2ccccc2)c2ccccc2)cc1. The first-order valence-corrected chi connectivity index (χ1v) is 24.4. The molecule has 0 unspecified atom stereocenters.